The molecule has 1 amide bonds. The molecule has 2 aromatic carbocycles. The fraction of sp³-hybridized carbons (Fsp3) is 0.314. The second kappa shape index (κ2) is 10.9. The molecule has 41 heavy (non-hydrogen) atoms. The number of allylic oxidation sites excluding steroid dienone is 4. The Morgan fingerprint density at radius 3 is 2.66 bits per heavy atom. The van der Waals surface area contributed by atoms with Gasteiger partial charge in [-0.1, -0.05) is 54.1 Å². The maximum absolute atomic E-state index is 14.0. The lowest BCUT2D eigenvalue weighted by atomic mass is 9.68. The highest BCUT2D eigenvalue weighted by atomic mass is 16.6. The molecule has 2 aromatic heterocycles. The van der Waals surface area contributed by atoms with Gasteiger partial charge in [0.15, 0.2) is 5.78 Å². The standard InChI is InChI=1S/C27H29NO3.C8H6N2/c1-27(2,3)31-26(30)28-15-14-18(16-28)23-21-11-7-6-10-20(21)22-13-12-17-8-4-5-9-19(17)24(22)25(23)29;1-2-7-6-9-5-3-8(7)10-4-1/h4-6,8-10,12-13,18,23H,7,11,14-16H2,1-3H3;1-6H. The minimum absolute atomic E-state index is 0.128. The third-order valence-corrected chi connectivity index (χ3v) is 8.09. The van der Waals surface area contributed by atoms with Crippen LogP contribution in [0.2, 0.25) is 0 Å². The predicted octanol–water partition coefficient (Wildman–Crippen LogP) is 7.64. The average molecular weight is 546 g/mol. The molecule has 4 aromatic rings. The first kappa shape index (κ1) is 26.9. The van der Waals surface area contributed by atoms with Gasteiger partial charge in [-0.05, 0) is 86.1 Å². The number of hydrogen-bond donors (Lipinski definition) is 0. The van der Waals surface area contributed by atoms with E-state index in [0.717, 1.165) is 52.1 Å². The van der Waals surface area contributed by atoms with E-state index < -0.39 is 5.60 Å². The van der Waals surface area contributed by atoms with E-state index in [0.29, 0.717) is 13.1 Å². The van der Waals surface area contributed by atoms with Crippen LogP contribution in [0.3, 0.4) is 0 Å². The molecule has 0 N–H and O–H groups in total. The molecular formula is C35H35N3O3. The molecule has 7 rings (SSSR count). The Morgan fingerprint density at radius 2 is 1.83 bits per heavy atom. The first-order chi connectivity index (χ1) is 19.8. The molecule has 0 spiro atoms. The molecule has 2 atom stereocenters. The summed E-state index contributed by atoms with van der Waals surface area (Å²) in [6, 6.07) is 18.2. The van der Waals surface area contributed by atoms with Crippen molar-refractivity contribution in [3.05, 3.63) is 102 Å². The van der Waals surface area contributed by atoms with E-state index in [-0.39, 0.29) is 23.7 Å². The van der Waals surface area contributed by atoms with Crippen molar-refractivity contribution in [1.29, 1.82) is 0 Å². The summed E-state index contributed by atoms with van der Waals surface area (Å²) in [4.78, 5) is 36.5. The zero-order valence-electron chi connectivity index (χ0n) is 23.8. The van der Waals surface area contributed by atoms with Crippen LogP contribution < -0.4 is 0 Å². The molecule has 2 aliphatic carbocycles. The molecule has 0 radical (unpaired) electrons. The summed E-state index contributed by atoms with van der Waals surface area (Å²) in [6.45, 7) is 6.87. The number of carbonyl (C=O) groups excluding carboxylic acids is 2. The maximum Gasteiger partial charge on any atom is 0.410 e. The van der Waals surface area contributed by atoms with Crippen molar-refractivity contribution < 1.29 is 14.3 Å². The molecule has 1 aliphatic heterocycles. The van der Waals surface area contributed by atoms with Crippen LogP contribution in [0.4, 0.5) is 4.79 Å². The maximum atomic E-state index is 14.0. The van der Waals surface area contributed by atoms with Crippen LogP contribution in [0.1, 0.15) is 56.0 Å². The van der Waals surface area contributed by atoms with Crippen LogP contribution in [0.25, 0.3) is 27.2 Å². The summed E-state index contributed by atoms with van der Waals surface area (Å²) in [5.41, 5.74) is 4.87. The third-order valence-electron chi connectivity index (χ3n) is 8.09. The lowest BCUT2D eigenvalue weighted by molar-refractivity contribution is 0.0283. The summed E-state index contributed by atoms with van der Waals surface area (Å²) in [6.07, 6.45) is 12.2. The van der Waals surface area contributed by atoms with Crippen molar-refractivity contribution in [3.8, 4) is 0 Å². The Bertz CT molecular complexity index is 1630. The Kier molecular flexibility index (Phi) is 7.16. The summed E-state index contributed by atoms with van der Waals surface area (Å²) < 4.78 is 5.58. The molecule has 6 nitrogen and oxygen atoms in total. The highest BCUT2D eigenvalue weighted by Gasteiger charge is 2.43. The molecule has 3 heterocycles. The molecule has 2 unspecified atom stereocenters. The molecule has 1 saturated heterocycles. The first-order valence-electron chi connectivity index (χ1n) is 14.4. The number of aromatic nitrogens is 2. The van der Waals surface area contributed by atoms with E-state index in [1.54, 1.807) is 17.3 Å². The van der Waals surface area contributed by atoms with Gasteiger partial charge in [-0.25, -0.2) is 4.79 Å². The van der Waals surface area contributed by atoms with E-state index in [9.17, 15) is 9.59 Å². The molecule has 3 aliphatic rings. The number of likely N-dealkylation sites (tertiary alicyclic amines) is 1. The van der Waals surface area contributed by atoms with Gasteiger partial charge >= 0.3 is 6.09 Å². The minimum Gasteiger partial charge on any atom is -0.444 e. The molecule has 1 fully saturated rings. The van der Waals surface area contributed by atoms with Gasteiger partial charge in [0.25, 0.3) is 0 Å². The fourth-order valence-electron chi connectivity index (χ4n) is 6.31. The second-order valence-corrected chi connectivity index (χ2v) is 12.0. The summed E-state index contributed by atoms with van der Waals surface area (Å²) >= 11 is 0. The molecule has 6 heteroatoms. The molecule has 0 bridgehead atoms. The quantitative estimate of drug-likeness (QED) is 0.246. The number of Topliss-reactive ketones (excluding diaryl/α,β-unsaturated/α-hetero) is 1. The Hall–Kier alpha value is -4.32. The smallest absolute Gasteiger partial charge is 0.410 e. The van der Waals surface area contributed by atoms with E-state index in [1.165, 1.54) is 11.1 Å². The largest absolute Gasteiger partial charge is 0.444 e. The molecular weight excluding hydrogens is 510 g/mol. The predicted molar refractivity (Wildman–Crippen MR) is 163 cm³/mol. The number of amides is 1. The number of rotatable bonds is 1. The number of hydrogen-bond acceptors (Lipinski definition) is 5. The lowest BCUT2D eigenvalue weighted by Crippen LogP contribution is -2.37. The van der Waals surface area contributed by atoms with Crippen molar-refractivity contribution in [2.45, 2.75) is 45.6 Å². The van der Waals surface area contributed by atoms with Gasteiger partial charge in [0.1, 0.15) is 5.60 Å². The summed E-state index contributed by atoms with van der Waals surface area (Å²) in [7, 11) is 0. The lowest BCUT2D eigenvalue weighted by Gasteiger charge is -2.34. The van der Waals surface area contributed by atoms with Gasteiger partial charge in [-0.2, -0.15) is 0 Å². The van der Waals surface area contributed by atoms with Gasteiger partial charge in [-0.3, -0.25) is 14.8 Å². The number of pyridine rings is 2. The summed E-state index contributed by atoms with van der Waals surface area (Å²) in [5, 5.41) is 3.21. The van der Waals surface area contributed by atoms with E-state index in [1.807, 2.05) is 57.3 Å². The molecule has 208 valence electrons. The second-order valence-electron chi connectivity index (χ2n) is 12.0. The number of ether oxygens (including phenoxy) is 1. The van der Waals surface area contributed by atoms with Crippen LogP contribution in [0.5, 0.6) is 0 Å². The van der Waals surface area contributed by atoms with Gasteiger partial charge in [0.2, 0.25) is 0 Å². The Morgan fingerprint density at radius 1 is 1.00 bits per heavy atom. The number of nitrogens with zero attached hydrogens (tertiary/aromatic N) is 3. The van der Waals surface area contributed by atoms with Crippen LogP contribution in [-0.4, -0.2) is 45.4 Å². The van der Waals surface area contributed by atoms with Gasteiger partial charge in [0, 0.05) is 48.5 Å². The van der Waals surface area contributed by atoms with Crippen LogP contribution >= 0.6 is 0 Å². The zero-order valence-corrected chi connectivity index (χ0v) is 23.8. The highest BCUT2D eigenvalue weighted by molar-refractivity contribution is 6.17. The highest BCUT2D eigenvalue weighted by Crippen LogP contribution is 2.46. The average Bonchev–Trinajstić information content (AvgIpc) is 3.47. The number of fused-ring (bicyclic) bond motifs is 5. The Labute approximate surface area is 240 Å². The fourth-order valence-corrected chi connectivity index (χ4v) is 6.31. The molecule has 0 saturated carbocycles. The van der Waals surface area contributed by atoms with Gasteiger partial charge < -0.3 is 9.64 Å². The van der Waals surface area contributed by atoms with Crippen LogP contribution in [0.15, 0.2) is 90.9 Å². The number of ketones is 1. The number of benzene rings is 2. The van der Waals surface area contributed by atoms with Crippen LogP contribution in [0, 0.1) is 11.8 Å². The zero-order chi connectivity index (χ0) is 28.6. The van der Waals surface area contributed by atoms with Crippen molar-refractivity contribution in [1.82, 2.24) is 14.9 Å². The first-order valence-corrected chi connectivity index (χ1v) is 14.4. The Balaban J connectivity index is 0.000000253. The monoisotopic (exact) mass is 545 g/mol. The van der Waals surface area contributed by atoms with Gasteiger partial charge in [0.05, 0.1) is 5.52 Å². The van der Waals surface area contributed by atoms with Gasteiger partial charge in [-0.15, -0.1) is 0 Å². The van der Waals surface area contributed by atoms with Crippen molar-refractivity contribution in [2.24, 2.45) is 11.8 Å². The number of carbonyl (C=O) groups is 2. The third kappa shape index (κ3) is 5.39. The normalized spacial score (nSPS) is 20.0. The van der Waals surface area contributed by atoms with E-state index in [2.05, 4.69) is 46.4 Å². The van der Waals surface area contributed by atoms with Crippen molar-refractivity contribution in [3.63, 3.8) is 0 Å². The topological polar surface area (TPSA) is 72.4 Å². The van der Waals surface area contributed by atoms with Crippen molar-refractivity contribution in [2.75, 3.05) is 13.1 Å². The SMILES string of the molecule is CC(C)(C)OC(=O)N1CCC(C2C(=O)c3c(ccc4ccccc34)C3=C2CCC=C3)C1.c1cnc2ccncc2c1. The van der Waals surface area contributed by atoms with Crippen molar-refractivity contribution >= 4 is 39.1 Å². The summed E-state index contributed by atoms with van der Waals surface area (Å²) in [5.74, 6) is 0.186. The van der Waals surface area contributed by atoms with Crippen LogP contribution in [-0.2, 0) is 4.74 Å². The van der Waals surface area contributed by atoms with E-state index >= 15 is 0 Å². The van der Waals surface area contributed by atoms with E-state index in [4.69, 9.17) is 4.74 Å². The minimum atomic E-state index is -0.516.